The topological polar surface area (TPSA) is 92.1 Å². The number of fused-ring (bicyclic) bond motifs is 3. The number of halogens is 1. The van der Waals surface area contributed by atoms with Gasteiger partial charge in [-0.15, -0.1) is 0 Å². The van der Waals surface area contributed by atoms with Crippen molar-refractivity contribution in [1.29, 1.82) is 0 Å². The molecule has 3 unspecified atom stereocenters. The lowest BCUT2D eigenvalue weighted by Gasteiger charge is -2.41. The van der Waals surface area contributed by atoms with Gasteiger partial charge in [0.2, 0.25) is 5.91 Å². The van der Waals surface area contributed by atoms with Gasteiger partial charge >= 0.3 is 0 Å². The van der Waals surface area contributed by atoms with Gasteiger partial charge in [-0.3, -0.25) is 9.78 Å². The molecule has 0 bridgehead atoms. The standard InChI is InChI=1S/C28H27BrN2O5/c1-35-20-15-30-16-21-24(20)27(34)25(32)22(26(33)31-13-5-6-14-31)23(17-7-3-2-4-8-17)28(27,36-21)18-9-11-19(29)12-10-18/h2-4,7-12,15-16,22-23,25,32,34H,5-6,13-14H2,1H3/t22-,23?,25-,27?,28?/m1/s1. The van der Waals surface area contributed by atoms with Crippen molar-refractivity contribution in [1.82, 2.24) is 9.88 Å². The summed E-state index contributed by atoms with van der Waals surface area (Å²) in [5.41, 5.74) is -1.73. The molecular formula is C28H27BrN2O5. The molecule has 36 heavy (non-hydrogen) atoms. The summed E-state index contributed by atoms with van der Waals surface area (Å²) < 4.78 is 13.2. The lowest BCUT2D eigenvalue weighted by atomic mass is 9.70. The second-order valence-electron chi connectivity index (χ2n) is 9.72. The van der Waals surface area contributed by atoms with Crippen molar-refractivity contribution in [2.24, 2.45) is 5.92 Å². The molecule has 8 heteroatoms. The monoisotopic (exact) mass is 550 g/mol. The summed E-state index contributed by atoms with van der Waals surface area (Å²) in [5.74, 6) is -1.18. The number of benzene rings is 2. The first-order chi connectivity index (χ1) is 17.4. The molecular weight excluding hydrogens is 524 g/mol. The lowest BCUT2D eigenvalue weighted by Crippen LogP contribution is -2.52. The van der Waals surface area contributed by atoms with E-state index in [1.807, 2.05) is 54.6 Å². The minimum absolute atomic E-state index is 0.175. The maximum atomic E-state index is 14.1. The molecule has 0 radical (unpaired) electrons. The highest BCUT2D eigenvalue weighted by Gasteiger charge is 2.78. The molecule has 2 N–H and O–H groups in total. The number of carbonyl (C=O) groups is 1. The Hall–Kier alpha value is -2.94. The Balaban J connectivity index is 1.67. The molecule has 7 nitrogen and oxygen atoms in total. The van der Waals surface area contributed by atoms with Crippen molar-refractivity contribution >= 4 is 21.8 Å². The predicted molar refractivity (Wildman–Crippen MR) is 136 cm³/mol. The van der Waals surface area contributed by atoms with E-state index >= 15 is 0 Å². The van der Waals surface area contributed by atoms with E-state index in [4.69, 9.17) is 9.47 Å². The van der Waals surface area contributed by atoms with Gasteiger partial charge in [-0.2, -0.15) is 0 Å². The van der Waals surface area contributed by atoms with Crippen LogP contribution in [0.5, 0.6) is 11.5 Å². The van der Waals surface area contributed by atoms with Crippen molar-refractivity contribution in [3.05, 3.63) is 88.2 Å². The third kappa shape index (κ3) is 3.04. The average Bonchev–Trinajstić information content (AvgIpc) is 3.58. The Morgan fingerprint density at radius 3 is 2.47 bits per heavy atom. The summed E-state index contributed by atoms with van der Waals surface area (Å²) in [6.45, 7) is 1.27. The van der Waals surface area contributed by atoms with Crippen molar-refractivity contribution in [2.45, 2.75) is 36.1 Å². The number of rotatable bonds is 4. The molecule has 2 fully saturated rings. The molecule has 1 aromatic heterocycles. The van der Waals surface area contributed by atoms with Gasteiger partial charge in [0, 0.05) is 23.5 Å². The largest absolute Gasteiger partial charge is 0.495 e. The number of pyridine rings is 1. The Morgan fingerprint density at radius 1 is 1.11 bits per heavy atom. The first-order valence-corrected chi connectivity index (χ1v) is 12.9. The highest BCUT2D eigenvalue weighted by molar-refractivity contribution is 9.10. The average molecular weight is 551 g/mol. The fraction of sp³-hybridized carbons (Fsp3) is 0.357. The number of aliphatic hydroxyl groups is 2. The second kappa shape index (κ2) is 8.57. The number of ether oxygens (including phenoxy) is 2. The molecule has 3 aliphatic rings. The molecule has 2 aliphatic heterocycles. The van der Waals surface area contributed by atoms with Gasteiger partial charge in [-0.05, 0) is 36.1 Å². The molecule has 3 heterocycles. The van der Waals surface area contributed by atoms with Crippen molar-refractivity contribution in [2.75, 3.05) is 20.2 Å². The first-order valence-electron chi connectivity index (χ1n) is 12.1. The molecule has 1 saturated heterocycles. The Kier molecular flexibility index (Phi) is 5.59. The molecule has 186 valence electrons. The predicted octanol–water partition coefficient (Wildman–Crippen LogP) is 3.73. The van der Waals surface area contributed by atoms with Crippen molar-refractivity contribution < 1.29 is 24.5 Å². The lowest BCUT2D eigenvalue weighted by molar-refractivity contribution is -0.156. The van der Waals surface area contributed by atoms with Crippen LogP contribution in [0.4, 0.5) is 0 Å². The minimum atomic E-state index is -1.98. The van der Waals surface area contributed by atoms with Gasteiger partial charge in [-0.25, -0.2) is 0 Å². The smallest absolute Gasteiger partial charge is 0.229 e. The SMILES string of the molecule is COc1cncc2c1C1(O)[C@H](O)[C@H](C(=O)N3CCCC3)C(c3ccccc3)C1(c1ccc(Br)cc1)O2. The minimum Gasteiger partial charge on any atom is -0.495 e. The third-order valence-corrected chi connectivity index (χ3v) is 8.54. The number of likely N-dealkylation sites (tertiary alicyclic amines) is 1. The molecule has 1 amide bonds. The molecule has 1 saturated carbocycles. The number of aliphatic hydroxyl groups excluding tert-OH is 1. The number of amides is 1. The molecule has 3 aromatic rings. The maximum absolute atomic E-state index is 14.1. The number of methoxy groups -OCH3 is 1. The maximum Gasteiger partial charge on any atom is 0.229 e. The summed E-state index contributed by atoms with van der Waals surface area (Å²) in [6, 6.07) is 17.0. The van der Waals surface area contributed by atoms with Crippen LogP contribution in [-0.2, 0) is 16.0 Å². The first kappa shape index (κ1) is 23.5. The molecule has 1 aliphatic carbocycles. The number of hydrogen-bond donors (Lipinski definition) is 2. The zero-order chi connectivity index (χ0) is 25.1. The van der Waals surface area contributed by atoms with Gasteiger partial charge in [0.25, 0.3) is 0 Å². The van der Waals surface area contributed by atoms with E-state index in [9.17, 15) is 15.0 Å². The summed E-state index contributed by atoms with van der Waals surface area (Å²) in [5, 5.41) is 24.8. The Morgan fingerprint density at radius 2 is 1.81 bits per heavy atom. The normalized spacial score (nSPS) is 30.6. The fourth-order valence-electron chi connectivity index (χ4n) is 6.52. The summed E-state index contributed by atoms with van der Waals surface area (Å²) in [4.78, 5) is 20.1. The summed E-state index contributed by atoms with van der Waals surface area (Å²) >= 11 is 3.50. The van der Waals surface area contributed by atoms with E-state index in [1.165, 1.54) is 19.5 Å². The van der Waals surface area contributed by atoms with Crippen LogP contribution < -0.4 is 9.47 Å². The fourth-order valence-corrected chi connectivity index (χ4v) is 6.78. The molecule has 0 spiro atoms. The van der Waals surface area contributed by atoms with Gasteiger partial charge in [-0.1, -0.05) is 58.4 Å². The van der Waals surface area contributed by atoms with E-state index in [0.29, 0.717) is 35.7 Å². The van der Waals surface area contributed by atoms with Crippen LogP contribution in [0, 0.1) is 5.92 Å². The van der Waals surface area contributed by atoms with Crippen LogP contribution in [0.3, 0.4) is 0 Å². The van der Waals surface area contributed by atoms with E-state index in [1.54, 1.807) is 4.90 Å². The van der Waals surface area contributed by atoms with Crippen molar-refractivity contribution in [3.8, 4) is 11.5 Å². The number of hydrogen-bond acceptors (Lipinski definition) is 6. The number of nitrogens with zero attached hydrogens (tertiary/aromatic N) is 2. The third-order valence-electron chi connectivity index (χ3n) is 8.01. The highest BCUT2D eigenvalue weighted by Crippen LogP contribution is 2.69. The van der Waals surface area contributed by atoms with Gasteiger partial charge in [0.05, 0.1) is 31.0 Å². The summed E-state index contributed by atoms with van der Waals surface area (Å²) in [7, 11) is 1.49. The van der Waals surface area contributed by atoms with Gasteiger partial charge < -0.3 is 24.6 Å². The Bertz CT molecular complexity index is 1300. The van der Waals surface area contributed by atoms with Crippen molar-refractivity contribution in [3.63, 3.8) is 0 Å². The van der Waals surface area contributed by atoms with E-state index in [0.717, 1.165) is 22.9 Å². The van der Waals surface area contributed by atoms with Gasteiger partial charge in [0.15, 0.2) is 11.2 Å². The van der Waals surface area contributed by atoms with E-state index in [2.05, 4.69) is 20.9 Å². The van der Waals surface area contributed by atoms with Crippen LogP contribution >= 0.6 is 15.9 Å². The zero-order valence-electron chi connectivity index (χ0n) is 19.8. The Labute approximate surface area is 217 Å². The highest BCUT2D eigenvalue weighted by atomic mass is 79.9. The number of aromatic nitrogens is 1. The summed E-state index contributed by atoms with van der Waals surface area (Å²) in [6.07, 6.45) is 3.41. The molecule has 5 atom stereocenters. The van der Waals surface area contributed by atoms with Gasteiger partial charge in [0.1, 0.15) is 17.6 Å². The molecule has 2 aromatic carbocycles. The van der Waals surface area contributed by atoms with Crippen LogP contribution in [0.2, 0.25) is 0 Å². The van der Waals surface area contributed by atoms with Crippen LogP contribution in [-0.4, -0.2) is 52.3 Å². The quantitative estimate of drug-likeness (QED) is 0.514. The van der Waals surface area contributed by atoms with Crippen LogP contribution in [0.25, 0.3) is 0 Å². The van der Waals surface area contributed by atoms with E-state index in [-0.39, 0.29) is 5.91 Å². The van der Waals surface area contributed by atoms with E-state index < -0.39 is 29.1 Å². The van der Waals surface area contributed by atoms with Crippen LogP contribution in [0.15, 0.2) is 71.5 Å². The van der Waals surface area contributed by atoms with Crippen LogP contribution in [0.1, 0.15) is 35.4 Å². The molecule has 6 rings (SSSR count). The second-order valence-corrected chi connectivity index (χ2v) is 10.6. The number of carbonyl (C=O) groups excluding carboxylic acids is 1. The zero-order valence-corrected chi connectivity index (χ0v) is 21.4.